The molecule has 0 fully saturated rings. The number of hydrogen-bond acceptors (Lipinski definition) is 4. The van der Waals surface area contributed by atoms with E-state index < -0.39 is 5.60 Å². The van der Waals surface area contributed by atoms with Gasteiger partial charge in [-0.15, -0.1) is 0 Å². The Labute approximate surface area is 226 Å². The minimum absolute atomic E-state index is 0.0614. The first-order chi connectivity index (χ1) is 18.4. The maximum atomic E-state index is 13.7. The smallest absolute Gasteiger partial charge is 0.227 e. The van der Waals surface area contributed by atoms with E-state index in [9.17, 15) is 9.90 Å². The molecule has 0 saturated carbocycles. The Morgan fingerprint density at radius 2 is 1.84 bits per heavy atom. The average molecular weight is 523 g/mol. The molecule has 1 aliphatic heterocycles. The summed E-state index contributed by atoms with van der Waals surface area (Å²) in [6, 6.07) is 27.1. The van der Waals surface area contributed by atoms with Crippen LogP contribution in [0.5, 0.6) is 0 Å². The van der Waals surface area contributed by atoms with Crippen molar-refractivity contribution in [2.45, 2.75) is 31.4 Å². The molecule has 6 rings (SSSR count). The van der Waals surface area contributed by atoms with E-state index in [1.54, 1.807) is 31.5 Å². The number of halogens is 1. The summed E-state index contributed by atoms with van der Waals surface area (Å²) >= 11 is 6.28. The molecule has 2 aromatic heterocycles. The van der Waals surface area contributed by atoms with Crippen molar-refractivity contribution in [1.82, 2.24) is 9.88 Å². The predicted octanol–water partition coefficient (Wildman–Crippen LogP) is 6.45. The number of pyridine rings is 1. The Morgan fingerprint density at radius 3 is 2.63 bits per heavy atom. The third-order valence-corrected chi connectivity index (χ3v) is 7.66. The van der Waals surface area contributed by atoms with E-state index in [2.05, 4.69) is 17.1 Å². The first-order valence-electron chi connectivity index (χ1n) is 12.7. The van der Waals surface area contributed by atoms with Crippen LogP contribution in [0.1, 0.15) is 46.5 Å². The van der Waals surface area contributed by atoms with Crippen molar-refractivity contribution < 1.29 is 14.3 Å². The van der Waals surface area contributed by atoms with Gasteiger partial charge >= 0.3 is 0 Å². The molecule has 1 N–H and O–H groups in total. The molecule has 190 valence electrons. The van der Waals surface area contributed by atoms with Gasteiger partial charge in [-0.25, -0.2) is 0 Å². The van der Waals surface area contributed by atoms with Crippen LogP contribution in [-0.2, 0) is 23.2 Å². The van der Waals surface area contributed by atoms with Crippen molar-refractivity contribution >= 4 is 28.5 Å². The fourth-order valence-electron chi connectivity index (χ4n) is 5.40. The lowest BCUT2D eigenvalue weighted by Gasteiger charge is -2.38. The first-order valence-corrected chi connectivity index (χ1v) is 13.1. The number of hydrogen-bond donors (Lipinski definition) is 1. The van der Waals surface area contributed by atoms with E-state index in [1.807, 2.05) is 65.6 Å². The number of rotatable bonds is 5. The fourth-order valence-corrected chi connectivity index (χ4v) is 5.59. The number of aromatic nitrogens is 1. The van der Waals surface area contributed by atoms with Crippen LogP contribution in [0.2, 0.25) is 5.02 Å². The van der Waals surface area contributed by atoms with Crippen LogP contribution in [0.25, 0.3) is 11.0 Å². The molecule has 5 aromatic rings. The Hall–Kier alpha value is -3.93. The van der Waals surface area contributed by atoms with Crippen LogP contribution in [0.15, 0.2) is 102 Å². The summed E-state index contributed by atoms with van der Waals surface area (Å²) in [6.45, 7) is 2.33. The lowest BCUT2D eigenvalue weighted by Crippen LogP contribution is -2.41. The largest absolute Gasteiger partial charge is 0.458 e. The molecule has 0 bridgehead atoms. The van der Waals surface area contributed by atoms with Crippen molar-refractivity contribution in [2.24, 2.45) is 0 Å². The van der Waals surface area contributed by atoms with E-state index in [4.69, 9.17) is 16.0 Å². The first kappa shape index (κ1) is 24.4. The second kappa shape index (κ2) is 9.75. The summed E-state index contributed by atoms with van der Waals surface area (Å²) in [5, 5.41) is 12.7. The fraction of sp³-hybridized carbons (Fsp3) is 0.188. The predicted molar refractivity (Wildman–Crippen MR) is 148 cm³/mol. The van der Waals surface area contributed by atoms with Crippen LogP contribution < -0.4 is 0 Å². The minimum atomic E-state index is -1.30. The van der Waals surface area contributed by atoms with E-state index >= 15 is 0 Å². The molecular weight excluding hydrogens is 496 g/mol. The monoisotopic (exact) mass is 522 g/mol. The van der Waals surface area contributed by atoms with Crippen molar-refractivity contribution in [3.8, 4) is 0 Å². The summed E-state index contributed by atoms with van der Waals surface area (Å²) in [5.41, 5.74) is 4.34. The molecule has 1 aliphatic rings. The number of furan rings is 1. The van der Waals surface area contributed by atoms with Crippen LogP contribution >= 0.6 is 11.6 Å². The van der Waals surface area contributed by atoms with E-state index in [1.165, 1.54) is 5.56 Å². The zero-order valence-electron chi connectivity index (χ0n) is 21.0. The summed E-state index contributed by atoms with van der Waals surface area (Å²) in [5.74, 6) is 0.504. The van der Waals surface area contributed by atoms with Crippen LogP contribution in [0.3, 0.4) is 0 Å². The zero-order valence-corrected chi connectivity index (χ0v) is 21.7. The molecule has 6 heteroatoms. The molecule has 2 atom stereocenters. The second-order valence-electron chi connectivity index (χ2n) is 9.96. The number of benzene rings is 3. The number of amides is 1. The van der Waals surface area contributed by atoms with Gasteiger partial charge in [-0.3, -0.25) is 9.78 Å². The molecule has 0 aliphatic carbocycles. The maximum Gasteiger partial charge on any atom is 0.227 e. The van der Waals surface area contributed by atoms with Gasteiger partial charge < -0.3 is 14.4 Å². The highest BCUT2D eigenvalue weighted by molar-refractivity contribution is 6.30. The number of aliphatic hydroxyl groups is 1. The Kier molecular flexibility index (Phi) is 6.26. The SMILES string of the molecule is CC(O)(c1ccncc1)c1cc2cc(CC(=O)N3CCc4cc(Cl)ccc4C3c3ccccc3)ccc2o1. The van der Waals surface area contributed by atoms with Crippen molar-refractivity contribution in [3.05, 3.63) is 136 Å². The standard InChI is InChI=1S/C32H27ClN2O3/c1-32(37,25-11-14-34-15-12-25)29-20-24-17-21(7-10-28(24)38-29)18-30(36)35-16-13-23-19-26(33)8-9-27(23)31(35)22-5-3-2-4-6-22/h2-12,14-15,17,19-20,31,37H,13,16,18H2,1H3. The van der Waals surface area contributed by atoms with Gasteiger partial charge in [0.1, 0.15) is 16.9 Å². The van der Waals surface area contributed by atoms with Gasteiger partial charge in [0.15, 0.2) is 0 Å². The van der Waals surface area contributed by atoms with E-state index in [0.29, 0.717) is 28.5 Å². The van der Waals surface area contributed by atoms with E-state index in [-0.39, 0.29) is 18.4 Å². The molecule has 3 heterocycles. The quantitative estimate of drug-likeness (QED) is 0.288. The van der Waals surface area contributed by atoms with Gasteiger partial charge in [0, 0.05) is 29.3 Å². The number of fused-ring (bicyclic) bond motifs is 2. The van der Waals surface area contributed by atoms with Gasteiger partial charge in [-0.05, 0) is 83.6 Å². The van der Waals surface area contributed by atoms with Crippen molar-refractivity contribution in [3.63, 3.8) is 0 Å². The molecule has 1 amide bonds. The lowest BCUT2D eigenvalue weighted by atomic mass is 9.87. The molecule has 0 saturated heterocycles. The molecule has 5 nitrogen and oxygen atoms in total. The van der Waals surface area contributed by atoms with Gasteiger partial charge in [0.05, 0.1) is 12.5 Å². The summed E-state index contributed by atoms with van der Waals surface area (Å²) in [7, 11) is 0. The highest BCUT2D eigenvalue weighted by Crippen LogP contribution is 2.37. The van der Waals surface area contributed by atoms with E-state index in [0.717, 1.165) is 28.5 Å². The number of nitrogens with zero attached hydrogens (tertiary/aromatic N) is 2. The molecule has 0 radical (unpaired) electrons. The summed E-state index contributed by atoms with van der Waals surface area (Å²) < 4.78 is 6.01. The third-order valence-electron chi connectivity index (χ3n) is 7.43. The van der Waals surface area contributed by atoms with Crippen LogP contribution in [0, 0.1) is 0 Å². The molecular formula is C32H27ClN2O3. The minimum Gasteiger partial charge on any atom is -0.458 e. The highest BCUT2D eigenvalue weighted by Gasteiger charge is 2.33. The van der Waals surface area contributed by atoms with Gasteiger partial charge in [-0.1, -0.05) is 54.1 Å². The average Bonchev–Trinajstić information content (AvgIpc) is 3.38. The highest BCUT2D eigenvalue weighted by atomic mass is 35.5. The molecule has 0 spiro atoms. The van der Waals surface area contributed by atoms with Crippen LogP contribution in [-0.4, -0.2) is 27.4 Å². The van der Waals surface area contributed by atoms with Gasteiger partial charge in [-0.2, -0.15) is 0 Å². The van der Waals surface area contributed by atoms with Crippen molar-refractivity contribution in [1.29, 1.82) is 0 Å². The number of carbonyl (C=O) groups is 1. The lowest BCUT2D eigenvalue weighted by molar-refractivity contribution is -0.132. The Bertz CT molecular complexity index is 1610. The maximum absolute atomic E-state index is 13.7. The topological polar surface area (TPSA) is 66.6 Å². The van der Waals surface area contributed by atoms with Gasteiger partial charge in [0.25, 0.3) is 0 Å². The zero-order chi connectivity index (χ0) is 26.3. The van der Waals surface area contributed by atoms with Crippen LogP contribution in [0.4, 0.5) is 0 Å². The summed E-state index contributed by atoms with van der Waals surface area (Å²) in [4.78, 5) is 19.8. The van der Waals surface area contributed by atoms with Gasteiger partial charge in [0.2, 0.25) is 5.91 Å². The normalized spacial score (nSPS) is 16.7. The third kappa shape index (κ3) is 4.49. The molecule has 3 aromatic carbocycles. The molecule has 38 heavy (non-hydrogen) atoms. The molecule has 2 unspecified atom stereocenters. The summed E-state index contributed by atoms with van der Waals surface area (Å²) in [6.07, 6.45) is 4.32. The second-order valence-corrected chi connectivity index (χ2v) is 10.4. The van der Waals surface area contributed by atoms with Crippen molar-refractivity contribution in [2.75, 3.05) is 6.54 Å². The Balaban J connectivity index is 1.29. The Morgan fingerprint density at radius 1 is 1.05 bits per heavy atom. The number of carbonyl (C=O) groups excluding carboxylic acids is 1.